The number of nitrogens with zero attached hydrogens (tertiary/aromatic N) is 1. The molecule has 1 unspecified atom stereocenters. The van der Waals surface area contributed by atoms with Gasteiger partial charge in [0, 0.05) is 12.2 Å². The third-order valence-electron chi connectivity index (χ3n) is 2.33. The summed E-state index contributed by atoms with van der Waals surface area (Å²) in [5.74, 6) is 0. The molecule has 3 nitrogen and oxygen atoms in total. The smallest absolute Gasteiger partial charge is 0.210 e. The molecule has 0 spiro atoms. The van der Waals surface area contributed by atoms with Crippen LogP contribution in [0.25, 0.3) is 0 Å². The van der Waals surface area contributed by atoms with Crippen LogP contribution in [-0.4, -0.2) is 22.7 Å². The number of thiocarbonyl (C=S) groups is 1. The first kappa shape index (κ1) is 14.1. The van der Waals surface area contributed by atoms with Gasteiger partial charge in [0.25, 0.3) is 0 Å². The molecule has 1 heterocycles. The lowest BCUT2D eigenvalue weighted by Gasteiger charge is -2.09. The van der Waals surface area contributed by atoms with E-state index < -0.39 is 0 Å². The molecule has 1 aromatic rings. The summed E-state index contributed by atoms with van der Waals surface area (Å²) < 4.78 is 5.35. The van der Waals surface area contributed by atoms with E-state index in [1.807, 2.05) is 19.2 Å². The minimum Gasteiger partial charge on any atom is -0.480 e. The molecule has 1 atom stereocenters. The Balaban J connectivity index is 2.51. The first-order valence-corrected chi connectivity index (χ1v) is 6.42. The quantitative estimate of drug-likeness (QED) is 0.790. The molecule has 0 bridgehead atoms. The molecule has 2 N–H and O–H groups in total. The van der Waals surface area contributed by atoms with Gasteiger partial charge in [-0.25, -0.2) is 0 Å². The summed E-state index contributed by atoms with van der Waals surface area (Å²) in [6.07, 6.45) is 5.31. The number of nitrogens with two attached hydrogens (primary N) is 1. The number of aromatic nitrogens is 1. The topological polar surface area (TPSA) is 48.1 Å². The Kier molecular flexibility index (Phi) is 6.08. The minimum absolute atomic E-state index is 0.0169. The van der Waals surface area contributed by atoms with Gasteiger partial charge < -0.3 is 10.5 Å². The Morgan fingerprint density at radius 3 is 2.82 bits per heavy atom. The largest absolute Gasteiger partial charge is 0.480 e. The molecule has 0 saturated carbocycles. The van der Waals surface area contributed by atoms with Gasteiger partial charge in [-0.3, -0.25) is 4.98 Å². The molecule has 0 amide bonds. The Morgan fingerprint density at radius 1 is 1.53 bits per heavy atom. The summed E-state index contributed by atoms with van der Waals surface area (Å²) in [6.45, 7) is 4.49. The summed E-state index contributed by atoms with van der Waals surface area (Å²) in [4.78, 5) is 4.30. The van der Waals surface area contributed by atoms with Gasteiger partial charge in [-0.1, -0.05) is 19.4 Å². The van der Waals surface area contributed by atoms with E-state index in [9.17, 15) is 0 Å². The summed E-state index contributed by atoms with van der Waals surface area (Å²) in [6, 6.07) is 3.95. The number of hydrogen-bond donors (Lipinski definition) is 1. The highest BCUT2D eigenvalue weighted by Gasteiger charge is 2.05. The lowest BCUT2D eigenvalue weighted by atomic mass is 10.1. The number of unbranched alkanes of at least 4 members (excludes halogenated alkanes) is 1. The Hall–Kier alpha value is -1.00. The highest BCUT2D eigenvalue weighted by atomic mass is 32.1. The monoisotopic (exact) mass is 252 g/mol. The van der Waals surface area contributed by atoms with E-state index in [0.29, 0.717) is 17.4 Å². The van der Waals surface area contributed by atoms with Crippen molar-refractivity contribution in [2.75, 3.05) is 6.61 Å². The lowest BCUT2D eigenvalue weighted by Crippen LogP contribution is -2.24. The molecule has 0 aliphatic rings. The van der Waals surface area contributed by atoms with Crippen molar-refractivity contribution in [1.29, 1.82) is 0 Å². The van der Waals surface area contributed by atoms with Crippen LogP contribution in [0.3, 0.4) is 0 Å². The summed E-state index contributed by atoms with van der Waals surface area (Å²) in [5.41, 5.74) is 7.54. The van der Waals surface area contributed by atoms with Crippen LogP contribution in [-0.2, 0) is 11.2 Å². The number of hydrogen-bond acceptors (Lipinski definition) is 4. The van der Waals surface area contributed by atoms with Crippen LogP contribution in [0.5, 0.6) is 0 Å². The van der Waals surface area contributed by atoms with Crippen molar-refractivity contribution < 1.29 is 4.74 Å². The third kappa shape index (κ3) is 5.24. The minimum atomic E-state index is -0.0169. The highest BCUT2D eigenvalue weighted by Crippen LogP contribution is 2.06. The van der Waals surface area contributed by atoms with Crippen molar-refractivity contribution in [1.82, 2.24) is 4.98 Å². The van der Waals surface area contributed by atoms with Gasteiger partial charge in [0.15, 0.2) is 0 Å². The fourth-order valence-corrected chi connectivity index (χ4v) is 1.54. The lowest BCUT2D eigenvalue weighted by molar-refractivity contribution is 0.291. The van der Waals surface area contributed by atoms with Gasteiger partial charge in [0.05, 0.1) is 0 Å². The van der Waals surface area contributed by atoms with Crippen molar-refractivity contribution >= 4 is 17.3 Å². The van der Waals surface area contributed by atoms with Crippen LogP contribution < -0.4 is 5.73 Å². The first-order chi connectivity index (χ1) is 8.13. The van der Waals surface area contributed by atoms with Crippen molar-refractivity contribution in [3.8, 4) is 0 Å². The fourth-order valence-electron chi connectivity index (χ4n) is 1.36. The van der Waals surface area contributed by atoms with Crippen molar-refractivity contribution in [2.45, 2.75) is 39.2 Å². The van der Waals surface area contributed by atoms with E-state index in [-0.39, 0.29) is 6.04 Å². The fraction of sp³-hybridized carbons (Fsp3) is 0.538. The zero-order valence-electron chi connectivity index (χ0n) is 10.5. The molecule has 0 aromatic carbocycles. The SMILES string of the molecule is CCCCc1ccc(C(=S)OCC(C)N)nc1. The molecule has 17 heavy (non-hydrogen) atoms. The molecule has 94 valence electrons. The summed E-state index contributed by atoms with van der Waals surface area (Å²) >= 11 is 5.13. The van der Waals surface area contributed by atoms with Crippen LogP contribution in [0.4, 0.5) is 0 Å². The molecule has 0 aliphatic carbocycles. The summed E-state index contributed by atoms with van der Waals surface area (Å²) in [5, 5.41) is 0.421. The van der Waals surface area contributed by atoms with Crippen molar-refractivity contribution in [2.24, 2.45) is 5.73 Å². The predicted octanol–water partition coefficient (Wildman–Crippen LogP) is 2.46. The normalized spacial score (nSPS) is 12.2. The van der Waals surface area contributed by atoms with E-state index in [4.69, 9.17) is 22.7 Å². The molecule has 0 saturated heterocycles. The molecule has 0 aliphatic heterocycles. The van der Waals surface area contributed by atoms with Crippen LogP contribution in [0, 0.1) is 0 Å². The Labute approximate surface area is 108 Å². The maximum Gasteiger partial charge on any atom is 0.210 e. The highest BCUT2D eigenvalue weighted by molar-refractivity contribution is 7.80. The molecule has 0 fully saturated rings. The molecule has 1 aromatic heterocycles. The Bertz CT molecular complexity index is 349. The Morgan fingerprint density at radius 2 is 2.29 bits per heavy atom. The van der Waals surface area contributed by atoms with E-state index >= 15 is 0 Å². The van der Waals surface area contributed by atoms with Crippen molar-refractivity contribution in [3.63, 3.8) is 0 Å². The molecular formula is C13H20N2OS. The second kappa shape index (κ2) is 7.35. The van der Waals surface area contributed by atoms with Crippen LogP contribution in [0.15, 0.2) is 18.3 Å². The second-order valence-electron chi connectivity index (χ2n) is 4.23. The maximum atomic E-state index is 5.59. The summed E-state index contributed by atoms with van der Waals surface area (Å²) in [7, 11) is 0. The number of aryl methyl sites for hydroxylation is 1. The van der Waals surface area contributed by atoms with E-state index in [1.54, 1.807) is 0 Å². The predicted molar refractivity (Wildman–Crippen MR) is 74.2 cm³/mol. The van der Waals surface area contributed by atoms with Crippen molar-refractivity contribution in [3.05, 3.63) is 29.6 Å². The van der Waals surface area contributed by atoms with Gasteiger partial charge in [0.1, 0.15) is 12.3 Å². The van der Waals surface area contributed by atoms with E-state index in [1.165, 1.54) is 18.4 Å². The van der Waals surface area contributed by atoms with Gasteiger partial charge in [-0.2, -0.15) is 0 Å². The van der Waals surface area contributed by atoms with Gasteiger partial charge >= 0.3 is 0 Å². The molecule has 1 rings (SSSR count). The van der Waals surface area contributed by atoms with E-state index in [2.05, 4.69) is 18.0 Å². The van der Waals surface area contributed by atoms with Gasteiger partial charge in [0.2, 0.25) is 5.05 Å². The van der Waals surface area contributed by atoms with Crippen LogP contribution in [0.1, 0.15) is 37.9 Å². The number of pyridine rings is 1. The molecule has 4 heteroatoms. The third-order valence-corrected chi connectivity index (χ3v) is 2.66. The molecule has 0 radical (unpaired) electrons. The van der Waals surface area contributed by atoms with Crippen LogP contribution >= 0.6 is 12.2 Å². The second-order valence-corrected chi connectivity index (χ2v) is 4.60. The average molecular weight is 252 g/mol. The van der Waals surface area contributed by atoms with Crippen LogP contribution in [0.2, 0.25) is 0 Å². The average Bonchev–Trinajstić information content (AvgIpc) is 2.34. The number of ether oxygens (including phenoxy) is 1. The number of rotatable bonds is 6. The zero-order valence-corrected chi connectivity index (χ0v) is 11.3. The van der Waals surface area contributed by atoms with Gasteiger partial charge in [-0.05, 0) is 43.6 Å². The maximum absolute atomic E-state index is 5.59. The standard InChI is InChI=1S/C13H20N2OS/c1-3-4-5-11-6-7-12(15-8-11)13(17)16-9-10(2)14/h6-8,10H,3-5,9,14H2,1-2H3. The van der Waals surface area contributed by atoms with E-state index in [0.717, 1.165) is 6.42 Å². The zero-order chi connectivity index (χ0) is 12.7. The first-order valence-electron chi connectivity index (χ1n) is 6.01. The van der Waals surface area contributed by atoms with Gasteiger partial charge in [-0.15, -0.1) is 0 Å². The molecular weight excluding hydrogens is 232 g/mol.